The second kappa shape index (κ2) is 7.68. The van der Waals surface area contributed by atoms with E-state index in [-0.39, 0.29) is 22.4 Å². The van der Waals surface area contributed by atoms with Crippen LogP contribution in [0.15, 0.2) is 35.3 Å². The normalized spacial score (nSPS) is 11.0. The summed E-state index contributed by atoms with van der Waals surface area (Å²) in [4.78, 5) is 24.9. The zero-order valence-electron chi connectivity index (χ0n) is 14.3. The Kier molecular flexibility index (Phi) is 5.68. The molecule has 2 heterocycles. The molecule has 5 nitrogen and oxygen atoms in total. The number of carbonyl (C=O) groups is 1. The molecule has 0 radical (unpaired) electrons. The van der Waals surface area contributed by atoms with Crippen molar-refractivity contribution in [3.05, 3.63) is 77.9 Å². The van der Waals surface area contributed by atoms with Gasteiger partial charge in [-0.15, -0.1) is 0 Å². The SMILES string of the molecule is Cc1cc(C(=O)Cn2ncc(Cl)c(Cl)c2=O)c(C)n1-c1cc(Cl)cc(Cl)c1. The van der Waals surface area contributed by atoms with E-state index >= 15 is 0 Å². The minimum atomic E-state index is -0.618. The Bertz CT molecular complexity index is 1100. The molecule has 0 aliphatic carbocycles. The van der Waals surface area contributed by atoms with Crippen molar-refractivity contribution in [2.75, 3.05) is 0 Å². The van der Waals surface area contributed by atoms with Crippen LogP contribution in [-0.2, 0) is 6.54 Å². The summed E-state index contributed by atoms with van der Waals surface area (Å²) in [6.45, 7) is 3.42. The van der Waals surface area contributed by atoms with Crippen LogP contribution in [0.4, 0.5) is 0 Å². The lowest BCUT2D eigenvalue weighted by molar-refractivity contribution is 0.0965. The summed E-state index contributed by atoms with van der Waals surface area (Å²) in [6, 6.07) is 6.89. The van der Waals surface area contributed by atoms with Crippen LogP contribution >= 0.6 is 46.4 Å². The van der Waals surface area contributed by atoms with Crippen LogP contribution < -0.4 is 5.56 Å². The van der Waals surface area contributed by atoms with Crippen LogP contribution in [0.2, 0.25) is 20.1 Å². The molecule has 140 valence electrons. The first kappa shape index (κ1) is 20.0. The van der Waals surface area contributed by atoms with Crippen molar-refractivity contribution in [3.63, 3.8) is 0 Å². The van der Waals surface area contributed by atoms with Gasteiger partial charge < -0.3 is 4.57 Å². The molecule has 0 amide bonds. The second-order valence-electron chi connectivity index (χ2n) is 5.94. The van der Waals surface area contributed by atoms with Crippen LogP contribution in [0.5, 0.6) is 0 Å². The van der Waals surface area contributed by atoms with Crippen molar-refractivity contribution in [3.8, 4) is 5.69 Å². The molecule has 2 aromatic heterocycles. The van der Waals surface area contributed by atoms with Crippen molar-refractivity contribution in [1.29, 1.82) is 0 Å². The van der Waals surface area contributed by atoms with Gasteiger partial charge in [0.05, 0.1) is 11.2 Å². The maximum Gasteiger partial charge on any atom is 0.287 e. The number of aromatic nitrogens is 3. The topological polar surface area (TPSA) is 56.9 Å². The molecule has 0 atom stereocenters. The number of benzene rings is 1. The van der Waals surface area contributed by atoms with Crippen LogP contribution in [0.1, 0.15) is 21.7 Å². The molecule has 0 fully saturated rings. The summed E-state index contributed by atoms with van der Waals surface area (Å²) >= 11 is 23.8. The molecule has 1 aromatic carbocycles. The molecule has 0 spiro atoms. The van der Waals surface area contributed by atoms with E-state index < -0.39 is 5.56 Å². The van der Waals surface area contributed by atoms with Crippen molar-refractivity contribution >= 4 is 52.2 Å². The molecule has 0 N–H and O–H groups in total. The van der Waals surface area contributed by atoms with Crippen molar-refractivity contribution in [2.24, 2.45) is 0 Å². The fraction of sp³-hybridized carbons (Fsp3) is 0.167. The Morgan fingerprint density at radius 2 is 1.67 bits per heavy atom. The molecule has 0 unspecified atom stereocenters. The van der Waals surface area contributed by atoms with Crippen LogP contribution in [0.3, 0.4) is 0 Å². The van der Waals surface area contributed by atoms with E-state index in [2.05, 4.69) is 5.10 Å². The van der Waals surface area contributed by atoms with Gasteiger partial charge in [0.1, 0.15) is 11.6 Å². The number of nitrogens with zero attached hydrogens (tertiary/aromatic N) is 3. The van der Waals surface area contributed by atoms with Gasteiger partial charge in [-0.3, -0.25) is 9.59 Å². The molecule has 3 aromatic rings. The molecule has 0 saturated carbocycles. The second-order valence-corrected chi connectivity index (χ2v) is 7.60. The highest BCUT2D eigenvalue weighted by atomic mass is 35.5. The number of Topliss-reactive ketones (excluding diaryl/α,β-unsaturated/α-hetero) is 1. The van der Waals surface area contributed by atoms with Gasteiger partial charge in [-0.2, -0.15) is 5.10 Å². The van der Waals surface area contributed by atoms with Gasteiger partial charge in [-0.05, 0) is 38.1 Å². The quantitative estimate of drug-likeness (QED) is 0.523. The third-order valence-corrected chi connectivity index (χ3v) is 5.26. The van der Waals surface area contributed by atoms with Gasteiger partial charge in [-0.1, -0.05) is 46.4 Å². The number of hydrogen-bond acceptors (Lipinski definition) is 3. The van der Waals surface area contributed by atoms with Gasteiger partial charge in [0, 0.05) is 32.7 Å². The Morgan fingerprint density at radius 1 is 1.04 bits per heavy atom. The van der Waals surface area contributed by atoms with Gasteiger partial charge in [0.15, 0.2) is 5.78 Å². The van der Waals surface area contributed by atoms with Crippen LogP contribution in [0.25, 0.3) is 5.69 Å². The van der Waals surface area contributed by atoms with Gasteiger partial charge in [0.2, 0.25) is 0 Å². The van der Waals surface area contributed by atoms with E-state index in [0.29, 0.717) is 21.3 Å². The standard InChI is InChI=1S/C18H13Cl4N3O2/c1-9-3-14(10(2)25(9)13-5-11(19)4-12(20)6-13)16(26)8-24-18(27)17(22)15(21)7-23-24/h3-7H,8H2,1-2H3. The highest BCUT2D eigenvalue weighted by molar-refractivity contribution is 6.41. The van der Waals surface area contributed by atoms with Crippen molar-refractivity contribution in [2.45, 2.75) is 20.4 Å². The summed E-state index contributed by atoms with van der Waals surface area (Å²) in [5, 5.41) is 4.72. The Labute approximate surface area is 175 Å². The van der Waals surface area contributed by atoms with Crippen LogP contribution in [0, 0.1) is 13.8 Å². The summed E-state index contributed by atoms with van der Waals surface area (Å²) in [5.41, 5.74) is 2.11. The lowest BCUT2D eigenvalue weighted by atomic mass is 10.1. The Balaban J connectivity index is 2.00. The molecule has 0 bridgehead atoms. The molecule has 3 rings (SSSR count). The van der Waals surface area contributed by atoms with Gasteiger partial charge in [-0.25, -0.2) is 4.68 Å². The minimum absolute atomic E-state index is 0.0429. The largest absolute Gasteiger partial charge is 0.318 e. The van der Waals surface area contributed by atoms with Gasteiger partial charge >= 0.3 is 0 Å². The average molecular weight is 445 g/mol. The number of carbonyl (C=O) groups excluding carboxylic acids is 1. The zero-order chi connectivity index (χ0) is 19.9. The maximum absolute atomic E-state index is 12.8. The predicted molar refractivity (Wildman–Crippen MR) is 108 cm³/mol. The number of ketones is 1. The number of halogens is 4. The maximum atomic E-state index is 12.8. The fourth-order valence-corrected chi connectivity index (χ4v) is 3.67. The van der Waals surface area contributed by atoms with Gasteiger partial charge in [0.25, 0.3) is 5.56 Å². The average Bonchev–Trinajstić information content (AvgIpc) is 2.89. The van der Waals surface area contributed by atoms with E-state index in [1.165, 1.54) is 6.20 Å². The fourth-order valence-electron chi connectivity index (χ4n) is 2.89. The summed E-state index contributed by atoms with van der Waals surface area (Å²) in [7, 11) is 0. The van der Waals surface area contributed by atoms with E-state index in [1.54, 1.807) is 31.2 Å². The monoisotopic (exact) mass is 443 g/mol. The number of hydrogen-bond donors (Lipinski definition) is 0. The smallest absolute Gasteiger partial charge is 0.287 e. The van der Waals surface area contributed by atoms with E-state index in [1.807, 2.05) is 11.5 Å². The summed E-state index contributed by atoms with van der Waals surface area (Å²) < 4.78 is 2.86. The lowest BCUT2D eigenvalue weighted by Crippen LogP contribution is -2.27. The van der Waals surface area contributed by atoms with E-state index in [9.17, 15) is 9.59 Å². The summed E-state index contributed by atoms with van der Waals surface area (Å²) in [5.74, 6) is -0.282. The predicted octanol–water partition coefficient (Wildman–Crippen LogP) is 5.15. The number of rotatable bonds is 4. The highest BCUT2D eigenvalue weighted by Gasteiger charge is 2.19. The highest BCUT2D eigenvalue weighted by Crippen LogP contribution is 2.27. The van der Waals surface area contributed by atoms with E-state index in [4.69, 9.17) is 46.4 Å². The van der Waals surface area contributed by atoms with Crippen molar-refractivity contribution in [1.82, 2.24) is 14.3 Å². The first-order valence-electron chi connectivity index (χ1n) is 7.78. The lowest BCUT2D eigenvalue weighted by Gasteiger charge is -2.11. The third-order valence-electron chi connectivity index (χ3n) is 4.07. The van der Waals surface area contributed by atoms with Crippen LogP contribution in [-0.4, -0.2) is 20.1 Å². The third kappa shape index (κ3) is 3.92. The first-order chi connectivity index (χ1) is 12.7. The molecule has 0 saturated heterocycles. The Morgan fingerprint density at radius 3 is 2.30 bits per heavy atom. The first-order valence-corrected chi connectivity index (χ1v) is 9.30. The van der Waals surface area contributed by atoms with Crippen molar-refractivity contribution < 1.29 is 4.79 Å². The summed E-state index contributed by atoms with van der Waals surface area (Å²) in [6.07, 6.45) is 1.23. The molecular formula is C18H13Cl4N3O2. The molecular weight excluding hydrogens is 432 g/mol. The zero-order valence-corrected chi connectivity index (χ0v) is 17.3. The Hall–Kier alpha value is -1.79. The molecule has 0 aliphatic rings. The molecule has 9 heteroatoms. The number of aryl methyl sites for hydroxylation is 1. The molecule has 0 aliphatic heterocycles. The molecule has 27 heavy (non-hydrogen) atoms. The minimum Gasteiger partial charge on any atom is -0.318 e. The van der Waals surface area contributed by atoms with E-state index in [0.717, 1.165) is 16.1 Å².